The summed E-state index contributed by atoms with van der Waals surface area (Å²) in [7, 11) is 1.81. The SMILES string of the molecule is CN(Cc1ccsc1)C(=O)c1cnc2c(cnn2Cc2ccccc2)c1. The number of pyridine rings is 1. The molecule has 0 fully saturated rings. The standard InChI is InChI=1S/C20H18N4OS/c1-23(12-16-7-8-26-14-16)20(25)18-9-17-11-22-24(19(17)21-10-18)13-15-5-3-2-4-6-15/h2-11,14H,12-13H2,1H3. The summed E-state index contributed by atoms with van der Waals surface area (Å²) in [6, 6.07) is 14.0. The second-order valence-electron chi connectivity index (χ2n) is 6.22. The van der Waals surface area contributed by atoms with Gasteiger partial charge in [-0.1, -0.05) is 30.3 Å². The van der Waals surface area contributed by atoms with E-state index in [2.05, 4.69) is 27.6 Å². The van der Waals surface area contributed by atoms with E-state index in [0.29, 0.717) is 18.7 Å². The van der Waals surface area contributed by atoms with E-state index in [4.69, 9.17) is 0 Å². The van der Waals surface area contributed by atoms with E-state index >= 15 is 0 Å². The third-order valence-corrected chi connectivity index (χ3v) is 4.98. The van der Waals surface area contributed by atoms with Crippen LogP contribution in [0.2, 0.25) is 0 Å². The smallest absolute Gasteiger partial charge is 0.255 e. The zero-order chi connectivity index (χ0) is 17.9. The minimum atomic E-state index is -0.0404. The number of amides is 1. The van der Waals surface area contributed by atoms with Gasteiger partial charge in [-0.3, -0.25) is 4.79 Å². The largest absolute Gasteiger partial charge is 0.337 e. The van der Waals surface area contributed by atoms with E-state index in [0.717, 1.165) is 22.2 Å². The highest BCUT2D eigenvalue weighted by molar-refractivity contribution is 7.07. The van der Waals surface area contributed by atoms with Crippen molar-refractivity contribution >= 4 is 28.3 Å². The molecule has 0 spiro atoms. The highest BCUT2D eigenvalue weighted by Crippen LogP contribution is 2.17. The maximum absolute atomic E-state index is 12.7. The van der Waals surface area contributed by atoms with Crippen LogP contribution >= 0.6 is 11.3 Å². The van der Waals surface area contributed by atoms with Crippen LogP contribution in [-0.2, 0) is 13.1 Å². The van der Waals surface area contributed by atoms with Gasteiger partial charge in [0.2, 0.25) is 0 Å². The van der Waals surface area contributed by atoms with Crippen LogP contribution in [0.5, 0.6) is 0 Å². The third kappa shape index (κ3) is 3.36. The first-order chi connectivity index (χ1) is 12.7. The Morgan fingerprint density at radius 3 is 2.77 bits per heavy atom. The number of carbonyl (C=O) groups excluding carboxylic acids is 1. The van der Waals surface area contributed by atoms with E-state index in [-0.39, 0.29) is 5.91 Å². The van der Waals surface area contributed by atoms with Crippen LogP contribution < -0.4 is 0 Å². The van der Waals surface area contributed by atoms with Crippen LogP contribution in [0, 0.1) is 0 Å². The fourth-order valence-corrected chi connectivity index (χ4v) is 3.57. The minimum Gasteiger partial charge on any atom is -0.337 e. The lowest BCUT2D eigenvalue weighted by Gasteiger charge is -2.16. The van der Waals surface area contributed by atoms with Gasteiger partial charge in [-0.15, -0.1) is 0 Å². The molecule has 3 aromatic heterocycles. The highest BCUT2D eigenvalue weighted by atomic mass is 32.1. The Morgan fingerprint density at radius 2 is 2.00 bits per heavy atom. The molecule has 0 N–H and O–H groups in total. The lowest BCUT2D eigenvalue weighted by Crippen LogP contribution is -2.26. The molecule has 4 rings (SSSR count). The quantitative estimate of drug-likeness (QED) is 0.542. The Bertz CT molecular complexity index is 1020. The molecule has 4 aromatic rings. The van der Waals surface area contributed by atoms with Gasteiger partial charge in [-0.05, 0) is 34.0 Å². The molecule has 0 saturated heterocycles. The van der Waals surface area contributed by atoms with Crippen molar-refractivity contribution in [3.63, 3.8) is 0 Å². The number of rotatable bonds is 5. The summed E-state index contributed by atoms with van der Waals surface area (Å²) >= 11 is 1.63. The predicted octanol–water partition coefficient (Wildman–Crippen LogP) is 3.81. The lowest BCUT2D eigenvalue weighted by atomic mass is 10.2. The van der Waals surface area contributed by atoms with Crippen molar-refractivity contribution in [2.24, 2.45) is 0 Å². The Hall–Kier alpha value is -2.99. The number of nitrogens with zero attached hydrogens (tertiary/aromatic N) is 4. The van der Waals surface area contributed by atoms with Crippen LogP contribution in [0.25, 0.3) is 11.0 Å². The van der Waals surface area contributed by atoms with E-state index < -0.39 is 0 Å². The summed E-state index contributed by atoms with van der Waals surface area (Å²) in [5, 5.41) is 9.37. The van der Waals surface area contributed by atoms with E-state index in [1.807, 2.05) is 47.4 Å². The first-order valence-electron chi connectivity index (χ1n) is 8.33. The van der Waals surface area contributed by atoms with Crippen molar-refractivity contribution < 1.29 is 4.79 Å². The molecule has 5 nitrogen and oxygen atoms in total. The van der Waals surface area contributed by atoms with Crippen LogP contribution in [0.15, 0.2) is 65.6 Å². The van der Waals surface area contributed by atoms with Crippen molar-refractivity contribution in [3.8, 4) is 0 Å². The van der Waals surface area contributed by atoms with Crippen LogP contribution in [0.3, 0.4) is 0 Å². The Balaban J connectivity index is 1.55. The number of carbonyl (C=O) groups is 1. The predicted molar refractivity (Wildman–Crippen MR) is 103 cm³/mol. The highest BCUT2D eigenvalue weighted by Gasteiger charge is 2.15. The molecule has 1 aromatic carbocycles. The van der Waals surface area contributed by atoms with Gasteiger partial charge in [0.1, 0.15) is 0 Å². The first kappa shape index (κ1) is 16.5. The number of fused-ring (bicyclic) bond motifs is 1. The molecule has 0 aliphatic rings. The van der Waals surface area contributed by atoms with E-state index in [9.17, 15) is 4.79 Å². The summed E-state index contributed by atoms with van der Waals surface area (Å²) < 4.78 is 1.86. The molecule has 26 heavy (non-hydrogen) atoms. The van der Waals surface area contributed by atoms with Crippen molar-refractivity contribution in [2.75, 3.05) is 7.05 Å². The molecular weight excluding hydrogens is 344 g/mol. The maximum atomic E-state index is 12.7. The normalized spacial score (nSPS) is 11.0. The number of hydrogen-bond donors (Lipinski definition) is 0. The van der Waals surface area contributed by atoms with Gasteiger partial charge < -0.3 is 4.90 Å². The average Bonchev–Trinajstić information content (AvgIpc) is 3.32. The van der Waals surface area contributed by atoms with Crippen LogP contribution in [0.4, 0.5) is 0 Å². The second-order valence-corrected chi connectivity index (χ2v) is 7.00. The topological polar surface area (TPSA) is 51.0 Å². The summed E-state index contributed by atoms with van der Waals surface area (Å²) in [6.45, 7) is 1.25. The zero-order valence-corrected chi connectivity index (χ0v) is 15.2. The fourth-order valence-electron chi connectivity index (χ4n) is 2.91. The van der Waals surface area contributed by atoms with Gasteiger partial charge >= 0.3 is 0 Å². The number of benzene rings is 1. The zero-order valence-electron chi connectivity index (χ0n) is 14.4. The van der Waals surface area contributed by atoms with Gasteiger partial charge in [0.25, 0.3) is 5.91 Å². The molecule has 3 heterocycles. The van der Waals surface area contributed by atoms with E-state index in [1.54, 1.807) is 28.6 Å². The molecular formula is C20H18N4OS. The monoisotopic (exact) mass is 362 g/mol. The van der Waals surface area contributed by atoms with Gasteiger partial charge in [0.05, 0.1) is 18.3 Å². The average molecular weight is 362 g/mol. The molecule has 0 atom stereocenters. The van der Waals surface area contributed by atoms with Gasteiger partial charge in [0.15, 0.2) is 5.65 Å². The van der Waals surface area contributed by atoms with Crippen LogP contribution in [0.1, 0.15) is 21.5 Å². The van der Waals surface area contributed by atoms with Crippen molar-refractivity contribution in [2.45, 2.75) is 13.1 Å². The molecule has 130 valence electrons. The van der Waals surface area contributed by atoms with Gasteiger partial charge in [-0.2, -0.15) is 16.4 Å². The number of aromatic nitrogens is 3. The molecule has 6 heteroatoms. The number of thiophene rings is 1. The first-order valence-corrected chi connectivity index (χ1v) is 9.27. The summed E-state index contributed by atoms with van der Waals surface area (Å²) in [6.07, 6.45) is 3.40. The van der Waals surface area contributed by atoms with Crippen molar-refractivity contribution in [3.05, 3.63) is 82.3 Å². The minimum absolute atomic E-state index is 0.0404. The second kappa shape index (κ2) is 7.09. The summed E-state index contributed by atoms with van der Waals surface area (Å²) in [5.41, 5.74) is 3.66. The van der Waals surface area contributed by atoms with Crippen LogP contribution in [-0.4, -0.2) is 32.6 Å². The lowest BCUT2D eigenvalue weighted by molar-refractivity contribution is 0.0785. The van der Waals surface area contributed by atoms with Gasteiger partial charge in [-0.25, -0.2) is 9.67 Å². The van der Waals surface area contributed by atoms with Crippen molar-refractivity contribution in [1.29, 1.82) is 0 Å². The molecule has 0 radical (unpaired) electrons. The van der Waals surface area contributed by atoms with Crippen molar-refractivity contribution in [1.82, 2.24) is 19.7 Å². The molecule has 0 aliphatic heterocycles. The number of hydrogen-bond acceptors (Lipinski definition) is 4. The Labute approximate surface area is 155 Å². The summed E-state index contributed by atoms with van der Waals surface area (Å²) in [4.78, 5) is 18.9. The molecule has 0 aliphatic carbocycles. The maximum Gasteiger partial charge on any atom is 0.255 e. The summed E-state index contributed by atoms with van der Waals surface area (Å²) in [5.74, 6) is -0.0404. The third-order valence-electron chi connectivity index (χ3n) is 4.24. The molecule has 0 saturated carbocycles. The Kier molecular flexibility index (Phi) is 4.50. The Morgan fingerprint density at radius 1 is 1.15 bits per heavy atom. The van der Waals surface area contributed by atoms with Gasteiger partial charge in [0, 0.05) is 25.2 Å². The fraction of sp³-hybridized carbons (Fsp3) is 0.150. The molecule has 0 bridgehead atoms. The molecule has 0 unspecified atom stereocenters. The molecule has 1 amide bonds. The van der Waals surface area contributed by atoms with E-state index in [1.165, 1.54) is 0 Å².